The molecule has 0 saturated carbocycles. The Kier molecular flexibility index (Phi) is 2.93. The molecule has 1 N–H and O–H groups in total. The molecule has 0 unspecified atom stereocenters. The lowest BCUT2D eigenvalue weighted by atomic mass is 10.0. The minimum Gasteiger partial charge on any atom is -0.361 e. The SMILES string of the molecule is O=C1C(Cl)=C(Cl)C(=O)C(c2ccc[nH]2)=C1Cl. The van der Waals surface area contributed by atoms with Crippen LogP contribution in [0.1, 0.15) is 5.69 Å². The first-order chi connectivity index (χ1) is 7.54. The third-order valence-electron chi connectivity index (χ3n) is 2.10. The maximum atomic E-state index is 11.8. The molecule has 1 aliphatic rings. The van der Waals surface area contributed by atoms with Crippen molar-refractivity contribution in [1.29, 1.82) is 0 Å². The van der Waals surface area contributed by atoms with Crippen LogP contribution < -0.4 is 0 Å². The van der Waals surface area contributed by atoms with Gasteiger partial charge < -0.3 is 4.98 Å². The van der Waals surface area contributed by atoms with Gasteiger partial charge in [-0.1, -0.05) is 34.8 Å². The van der Waals surface area contributed by atoms with E-state index >= 15 is 0 Å². The molecule has 3 nitrogen and oxygen atoms in total. The molecule has 6 heteroatoms. The van der Waals surface area contributed by atoms with E-state index in [-0.39, 0.29) is 20.7 Å². The number of ketones is 2. The number of aromatic nitrogens is 1. The maximum Gasteiger partial charge on any atom is 0.218 e. The highest BCUT2D eigenvalue weighted by molar-refractivity contribution is 6.68. The zero-order valence-corrected chi connectivity index (χ0v) is 9.95. The lowest BCUT2D eigenvalue weighted by Crippen LogP contribution is -2.17. The van der Waals surface area contributed by atoms with Gasteiger partial charge in [0.1, 0.15) is 15.1 Å². The predicted molar refractivity (Wildman–Crippen MR) is 62.3 cm³/mol. The van der Waals surface area contributed by atoms with Gasteiger partial charge in [-0.15, -0.1) is 0 Å². The second-order valence-corrected chi connectivity index (χ2v) is 4.19. The van der Waals surface area contributed by atoms with Crippen LogP contribution in [0.2, 0.25) is 0 Å². The molecule has 2 rings (SSSR count). The molecule has 0 amide bonds. The number of H-pyrrole nitrogens is 1. The number of hydrogen-bond donors (Lipinski definition) is 1. The van der Waals surface area contributed by atoms with E-state index in [9.17, 15) is 9.59 Å². The summed E-state index contributed by atoms with van der Waals surface area (Å²) in [6.07, 6.45) is 1.61. The van der Waals surface area contributed by atoms with E-state index in [4.69, 9.17) is 34.8 Å². The molecule has 0 radical (unpaired) electrons. The van der Waals surface area contributed by atoms with Crippen molar-refractivity contribution in [2.75, 3.05) is 0 Å². The van der Waals surface area contributed by atoms with E-state index in [1.165, 1.54) is 0 Å². The lowest BCUT2D eigenvalue weighted by molar-refractivity contribution is -0.114. The Morgan fingerprint density at radius 2 is 1.56 bits per heavy atom. The molecule has 0 bridgehead atoms. The molecule has 0 fully saturated rings. The summed E-state index contributed by atoms with van der Waals surface area (Å²) in [5.74, 6) is -1.20. The molecular formula is C10H4Cl3NO2. The number of carbonyl (C=O) groups is 2. The normalized spacial score (nSPS) is 17.4. The number of Topliss-reactive ketones (excluding diaryl/α,β-unsaturated/α-hetero) is 2. The van der Waals surface area contributed by atoms with Crippen LogP contribution in [0.15, 0.2) is 33.4 Å². The van der Waals surface area contributed by atoms with Crippen LogP contribution >= 0.6 is 34.8 Å². The standard InChI is InChI=1S/C10H4Cl3NO2/c11-6-5(4-2-1-3-14-4)9(15)7(12)8(13)10(6)16/h1-3,14H. The van der Waals surface area contributed by atoms with Gasteiger partial charge in [0.25, 0.3) is 0 Å². The predicted octanol–water partition coefficient (Wildman–Crippen LogP) is 2.81. The Hall–Kier alpha value is -1.03. The largest absolute Gasteiger partial charge is 0.361 e. The van der Waals surface area contributed by atoms with Crippen molar-refractivity contribution >= 4 is 51.9 Å². The summed E-state index contributed by atoms with van der Waals surface area (Å²) in [5.41, 5.74) is 0.483. The van der Waals surface area contributed by atoms with E-state index in [1.54, 1.807) is 18.3 Å². The zero-order chi connectivity index (χ0) is 11.9. The van der Waals surface area contributed by atoms with Gasteiger partial charge in [0.2, 0.25) is 11.6 Å². The monoisotopic (exact) mass is 275 g/mol. The highest BCUT2D eigenvalue weighted by atomic mass is 35.5. The van der Waals surface area contributed by atoms with Gasteiger partial charge in [0, 0.05) is 6.20 Å². The van der Waals surface area contributed by atoms with Gasteiger partial charge in [-0.2, -0.15) is 0 Å². The van der Waals surface area contributed by atoms with Gasteiger partial charge in [0.05, 0.1) is 11.3 Å². The fraction of sp³-hybridized carbons (Fsp3) is 0. The van der Waals surface area contributed by atoms with Crippen LogP contribution in [0.3, 0.4) is 0 Å². The first-order valence-electron chi connectivity index (χ1n) is 4.22. The molecule has 0 saturated heterocycles. The molecule has 1 heterocycles. The second kappa shape index (κ2) is 4.09. The third-order valence-corrected chi connectivity index (χ3v) is 3.28. The minimum absolute atomic E-state index is 0.0473. The first-order valence-corrected chi connectivity index (χ1v) is 5.35. The number of halogens is 3. The third kappa shape index (κ3) is 1.61. The summed E-state index contributed by atoms with van der Waals surface area (Å²) < 4.78 is 0. The molecule has 1 aromatic heterocycles. The van der Waals surface area contributed by atoms with Gasteiger partial charge in [0.15, 0.2) is 0 Å². The van der Waals surface area contributed by atoms with Crippen molar-refractivity contribution in [3.8, 4) is 0 Å². The van der Waals surface area contributed by atoms with Crippen molar-refractivity contribution in [3.63, 3.8) is 0 Å². The number of rotatable bonds is 1. The lowest BCUT2D eigenvalue weighted by Gasteiger charge is -2.13. The Morgan fingerprint density at radius 1 is 0.938 bits per heavy atom. The molecule has 1 aliphatic carbocycles. The first kappa shape index (κ1) is 11.5. The van der Waals surface area contributed by atoms with Crippen LogP contribution in [0.5, 0.6) is 0 Å². The molecule has 0 aromatic carbocycles. The Bertz CT molecular complexity index is 540. The number of aromatic amines is 1. The molecular weight excluding hydrogens is 272 g/mol. The van der Waals surface area contributed by atoms with Crippen molar-refractivity contribution in [2.45, 2.75) is 0 Å². The molecule has 16 heavy (non-hydrogen) atoms. The fourth-order valence-corrected chi connectivity index (χ4v) is 2.04. The summed E-state index contributed by atoms with van der Waals surface area (Å²) in [7, 11) is 0. The average molecular weight is 277 g/mol. The summed E-state index contributed by atoms with van der Waals surface area (Å²) in [5, 5.41) is -0.866. The van der Waals surface area contributed by atoms with E-state index < -0.39 is 11.6 Å². The van der Waals surface area contributed by atoms with Crippen LogP contribution in [-0.4, -0.2) is 16.6 Å². The van der Waals surface area contributed by atoms with Crippen LogP contribution in [0, 0.1) is 0 Å². The highest BCUT2D eigenvalue weighted by Crippen LogP contribution is 2.35. The van der Waals surface area contributed by atoms with Gasteiger partial charge in [-0.3, -0.25) is 9.59 Å². The molecule has 82 valence electrons. The number of nitrogens with one attached hydrogen (secondary N) is 1. The molecule has 0 aliphatic heterocycles. The van der Waals surface area contributed by atoms with Crippen LogP contribution in [0.25, 0.3) is 5.57 Å². The van der Waals surface area contributed by atoms with Crippen LogP contribution in [-0.2, 0) is 9.59 Å². The minimum atomic E-state index is -0.641. The van der Waals surface area contributed by atoms with Crippen molar-refractivity contribution in [1.82, 2.24) is 4.98 Å². The number of allylic oxidation sites excluding steroid dienone is 4. The van der Waals surface area contributed by atoms with Gasteiger partial charge in [-0.25, -0.2) is 0 Å². The van der Waals surface area contributed by atoms with E-state index in [0.29, 0.717) is 5.69 Å². The summed E-state index contributed by atoms with van der Waals surface area (Å²) in [6.45, 7) is 0. The second-order valence-electron chi connectivity index (χ2n) is 3.06. The summed E-state index contributed by atoms with van der Waals surface area (Å²) in [6, 6.07) is 3.30. The number of carbonyl (C=O) groups excluding carboxylic acids is 2. The summed E-state index contributed by atoms with van der Waals surface area (Å²) in [4.78, 5) is 26.1. The fourth-order valence-electron chi connectivity index (χ4n) is 1.35. The smallest absolute Gasteiger partial charge is 0.218 e. The van der Waals surface area contributed by atoms with Gasteiger partial charge >= 0.3 is 0 Å². The van der Waals surface area contributed by atoms with Crippen molar-refractivity contribution in [2.24, 2.45) is 0 Å². The highest BCUT2D eigenvalue weighted by Gasteiger charge is 2.33. The van der Waals surface area contributed by atoms with Crippen molar-refractivity contribution in [3.05, 3.63) is 39.1 Å². The Morgan fingerprint density at radius 3 is 2.12 bits per heavy atom. The quantitative estimate of drug-likeness (QED) is 0.802. The maximum absolute atomic E-state index is 11.8. The Labute approximate surface area is 106 Å². The molecule has 0 spiro atoms. The van der Waals surface area contributed by atoms with E-state index in [1.807, 2.05) is 0 Å². The number of hydrogen-bond acceptors (Lipinski definition) is 2. The van der Waals surface area contributed by atoms with E-state index in [0.717, 1.165) is 0 Å². The Balaban J connectivity index is 2.62. The summed E-state index contributed by atoms with van der Waals surface area (Å²) >= 11 is 17.0. The van der Waals surface area contributed by atoms with Crippen LogP contribution in [0.4, 0.5) is 0 Å². The van der Waals surface area contributed by atoms with Gasteiger partial charge in [-0.05, 0) is 12.1 Å². The molecule has 0 atom stereocenters. The van der Waals surface area contributed by atoms with E-state index in [2.05, 4.69) is 4.98 Å². The average Bonchev–Trinajstić information content (AvgIpc) is 2.77. The topological polar surface area (TPSA) is 49.9 Å². The zero-order valence-electron chi connectivity index (χ0n) is 7.68. The van der Waals surface area contributed by atoms with Crippen molar-refractivity contribution < 1.29 is 9.59 Å². The molecule has 1 aromatic rings.